The van der Waals surface area contributed by atoms with Crippen molar-refractivity contribution >= 4 is 56.8 Å². The summed E-state index contributed by atoms with van der Waals surface area (Å²) >= 11 is 3.10. The van der Waals surface area contributed by atoms with Crippen molar-refractivity contribution in [3.8, 4) is 5.75 Å². The number of amides is 1. The average molecular weight is 494 g/mol. The van der Waals surface area contributed by atoms with Crippen LogP contribution in [0, 0.1) is 6.92 Å². The van der Waals surface area contributed by atoms with E-state index in [2.05, 4.69) is 36.1 Å². The van der Waals surface area contributed by atoms with Crippen molar-refractivity contribution in [3.05, 3.63) is 48.0 Å². The number of benzene rings is 2. The molecule has 172 valence electrons. The number of morpholine rings is 1. The van der Waals surface area contributed by atoms with Gasteiger partial charge in [-0.3, -0.25) is 14.6 Å². The third-order valence-electron chi connectivity index (χ3n) is 5.24. The Hall–Kier alpha value is -1.84. The van der Waals surface area contributed by atoms with Gasteiger partial charge < -0.3 is 9.47 Å². The lowest BCUT2D eigenvalue weighted by molar-refractivity contribution is -0.116. The number of halogens is 1. The van der Waals surface area contributed by atoms with E-state index >= 15 is 0 Å². The van der Waals surface area contributed by atoms with E-state index in [1.54, 1.807) is 18.9 Å². The highest BCUT2D eigenvalue weighted by molar-refractivity contribution is 8.00. The Labute approximate surface area is 203 Å². The number of thiazole rings is 1. The summed E-state index contributed by atoms with van der Waals surface area (Å²) in [6, 6.07) is 14.1. The lowest BCUT2D eigenvalue weighted by Gasteiger charge is -2.29. The first-order chi connectivity index (χ1) is 15.1. The molecule has 0 bridgehead atoms. The zero-order chi connectivity index (χ0) is 21.6. The molecule has 4 rings (SSSR count). The van der Waals surface area contributed by atoms with Crippen LogP contribution in [0.1, 0.15) is 5.56 Å². The molecule has 1 saturated heterocycles. The Balaban J connectivity index is 0.00000289. The van der Waals surface area contributed by atoms with E-state index < -0.39 is 0 Å². The fourth-order valence-electron chi connectivity index (χ4n) is 3.39. The van der Waals surface area contributed by atoms with E-state index in [4.69, 9.17) is 14.5 Å². The maximum absolute atomic E-state index is 13.3. The topological polar surface area (TPSA) is 54.9 Å². The fraction of sp³-hybridized carbons (Fsp3) is 0.391. The van der Waals surface area contributed by atoms with Crippen molar-refractivity contribution in [2.24, 2.45) is 0 Å². The van der Waals surface area contributed by atoms with Gasteiger partial charge >= 0.3 is 0 Å². The molecular formula is C23H28ClN3O3S2. The summed E-state index contributed by atoms with van der Waals surface area (Å²) in [4.78, 5) is 23.3. The molecule has 0 spiro atoms. The number of aryl methyl sites for hydroxylation is 1. The van der Waals surface area contributed by atoms with Gasteiger partial charge in [-0.05, 0) is 37.3 Å². The molecular weight excluding hydrogens is 466 g/mol. The van der Waals surface area contributed by atoms with Crippen molar-refractivity contribution in [2.45, 2.75) is 11.8 Å². The van der Waals surface area contributed by atoms with Crippen molar-refractivity contribution in [2.75, 3.05) is 57.2 Å². The predicted octanol–water partition coefficient (Wildman–Crippen LogP) is 4.49. The van der Waals surface area contributed by atoms with Gasteiger partial charge in [-0.15, -0.1) is 24.2 Å². The number of anilines is 1. The first kappa shape index (κ1) is 24.8. The highest BCUT2D eigenvalue weighted by atomic mass is 35.5. The minimum Gasteiger partial charge on any atom is -0.497 e. The molecule has 2 heterocycles. The van der Waals surface area contributed by atoms with Crippen LogP contribution in [-0.2, 0) is 9.53 Å². The van der Waals surface area contributed by atoms with Crippen LogP contribution in [0.25, 0.3) is 10.2 Å². The maximum Gasteiger partial charge on any atom is 0.239 e. The van der Waals surface area contributed by atoms with Crippen molar-refractivity contribution in [3.63, 3.8) is 0 Å². The van der Waals surface area contributed by atoms with Gasteiger partial charge in [-0.25, -0.2) is 4.98 Å². The zero-order valence-corrected chi connectivity index (χ0v) is 20.7. The summed E-state index contributed by atoms with van der Waals surface area (Å²) in [5, 5.41) is 0.742. The Morgan fingerprint density at radius 1 is 1.22 bits per heavy atom. The minimum absolute atomic E-state index is 0. The fourth-order valence-corrected chi connectivity index (χ4v) is 5.20. The molecule has 0 radical (unpaired) electrons. The van der Waals surface area contributed by atoms with E-state index in [1.807, 2.05) is 23.1 Å². The second-order valence-electron chi connectivity index (χ2n) is 7.43. The number of thioether (sulfide) groups is 1. The predicted molar refractivity (Wildman–Crippen MR) is 135 cm³/mol. The standard InChI is InChI=1S/C23H27N3O3S2.ClH/c1-17-3-6-19(7-4-17)30-16-22(27)26(10-9-25-11-13-29-14-12-25)23-24-20-8-5-18(28-2)15-21(20)31-23;/h3-8,15H,9-14,16H2,1-2H3;1H. The highest BCUT2D eigenvalue weighted by Gasteiger charge is 2.22. The lowest BCUT2D eigenvalue weighted by atomic mass is 10.2. The van der Waals surface area contributed by atoms with Gasteiger partial charge in [0.25, 0.3) is 0 Å². The number of ether oxygens (including phenoxy) is 2. The molecule has 0 saturated carbocycles. The van der Waals surface area contributed by atoms with E-state index in [1.165, 1.54) is 16.9 Å². The summed E-state index contributed by atoms with van der Waals surface area (Å²) in [5.74, 6) is 1.25. The number of carbonyl (C=O) groups excluding carboxylic acids is 1. The second-order valence-corrected chi connectivity index (χ2v) is 9.49. The molecule has 32 heavy (non-hydrogen) atoms. The van der Waals surface area contributed by atoms with Crippen LogP contribution in [0.4, 0.5) is 5.13 Å². The van der Waals surface area contributed by atoms with Gasteiger partial charge in [-0.2, -0.15) is 0 Å². The summed E-state index contributed by atoms with van der Waals surface area (Å²) < 4.78 is 11.8. The number of hydrogen-bond acceptors (Lipinski definition) is 7. The molecule has 0 atom stereocenters. The maximum atomic E-state index is 13.3. The summed E-state index contributed by atoms with van der Waals surface area (Å²) in [6.07, 6.45) is 0. The van der Waals surface area contributed by atoms with Gasteiger partial charge in [0.1, 0.15) is 5.75 Å². The van der Waals surface area contributed by atoms with Crippen LogP contribution >= 0.6 is 35.5 Å². The molecule has 0 unspecified atom stereocenters. The number of aromatic nitrogens is 1. The van der Waals surface area contributed by atoms with Crippen LogP contribution in [0.3, 0.4) is 0 Å². The van der Waals surface area contributed by atoms with Crippen LogP contribution < -0.4 is 9.64 Å². The third kappa shape index (κ3) is 6.36. The summed E-state index contributed by atoms with van der Waals surface area (Å²) in [7, 11) is 1.66. The molecule has 1 aromatic heterocycles. The van der Waals surface area contributed by atoms with Crippen molar-refractivity contribution in [1.29, 1.82) is 0 Å². The van der Waals surface area contributed by atoms with E-state index in [0.29, 0.717) is 12.3 Å². The SMILES string of the molecule is COc1ccc2nc(N(CCN3CCOCC3)C(=O)CSc3ccc(C)cc3)sc2c1.Cl. The van der Waals surface area contributed by atoms with E-state index in [-0.39, 0.29) is 18.3 Å². The molecule has 6 nitrogen and oxygen atoms in total. The monoisotopic (exact) mass is 493 g/mol. The van der Waals surface area contributed by atoms with Crippen LogP contribution in [-0.4, -0.2) is 68.0 Å². The van der Waals surface area contributed by atoms with E-state index in [9.17, 15) is 4.79 Å². The molecule has 0 N–H and O–H groups in total. The number of carbonyl (C=O) groups is 1. The third-order valence-corrected chi connectivity index (χ3v) is 7.28. The Morgan fingerprint density at radius 3 is 2.69 bits per heavy atom. The van der Waals surface area contributed by atoms with Gasteiger partial charge in [0.2, 0.25) is 5.91 Å². The van der Waals surface area contributed by atoms with Gasteiger partial charge in [-0.1, -0.05) is 29.0 Å². The van der Waals surface area contributed by atoms with Crippen molar-refractivity contribution in [1.82, 2.24) is 9.88 Å². The van der Waals surface area contributed by atoms with Gasteiger partial charge in [0, 0.05) is 31.1 Å². The smallest absolute Gasteiger partial charge is 0.239 e. The average Bonchev–Trinajstić information content (AvgIpc) is 3.22. The molecule has 3 aromatic rings. The lowest BCUT2D eigenvalue weighted by Crippen LogP contribution is -2.43. The summed E-state index contributed by atoms with van der Waals surface area (Å²) in [6.45, 7) is 6.79. The Bertz CT molecular complexity index is 1020. The summed E-state index contributed by atoms with van der Waals surface area (Å²) in [5.41, 5.74) is 2.10. The Kier molecular flexibility index (Phi) is 9.19. The number of fused-ring (bicyclic) bond motifs is 1. The highest BCUT2D eigenvalue weighted by Crippen LogP contribution is 2.32. The quantitative estimate of drug-likeness (QED) is 0.431. The molecule has 2 aromatic carbocycles. The number of hydrogen-bond donors (Lipinski definition) is 0. The number of nitrogens with zero attached hydrogens (tertiary/aromatic N) is 3. The van der Waals surface area contributed by atoms with Crippen LogP contribution in [0.5, 0.6) is 5.75 Å². The first-order valence-corrected chi connectivity index (χ1v) is 12.2. The van der Waals surface area contributed by atoms with Gasteiger partial charge in [0.15, 0.2) is 5.13 Å². The molecule has 0 aliphatic carbocycles. The van der Waals surface area contributed by atoms with Crippen molar-refractivity contribution < 1.29 is 14.3 Å². The minimum atomic E-state index is 0. The van der Waals surface area contributed by atoms with Gasteiger partial charge in [0.05, 0.1) is 36.3 Å². The second kappa shape index (κ2) is 11.9. The molecule has 1 aliphatic rings. The zero-order valence-electron chi connectivity index (χ0n) is 18.3. The number of methoxy groups -OCH3 is 1. The van der Waals surface area contributed by atoms with E-state index in [0.717, 1.165) is 58.8 Å². The number of rotatable bonds is 8. The Morgan fingerprint density at radius 2 is 1.97 bits per heavy atom. The molecule has 1 aliphatic heterocycles. The normalized spacial score (nSPS) is 14.2. The first-order valence-electron chi connectivity index (χ1n) is 10.4. The van der Waals surface area contributed by atoms with Crippen LogP contribution in [0.15, 0.2) is 47.4 Å². The molecule has 1 amide bonds. The van der Waals surface area contributed by atoms with Crippen LogP contribution in [0.2, 0.25) is 0 Å². The largest absolute Gasteiger partial charge is 0.497 e. The molecule has 1 fully saturated rings. The molecule has 9 heteroatoms.